The van der Waals surface area contributed by atoms with Crippen LogP contribution in [0.1, 0.15) is 31.2 Å². The molecule has 27 heavy (non-hydrogen) atoms. The van der Waals surface area contributed by atoms with Gasteiger partial charge >= 0.3 is 0 Å². The van der Waals surface area contributed by atoms with Crippen LogP contribution in [-0.2, 0) is 16.1 Å². The number of nitrogens with one attached hydrogen (secondary N) is 1. The van der Waals surface area contributed by atoms with E-state index in [0.717, 1.165) is 31.4 Å². The van der Waals surface area contributed by atoms with Crippen molar-refractivity contribution in [2.24, 2.45) is 0 Å². The molecule has 0 saturated carbocycles. The Morgan fingerprint density at radius 3 is 2.70 bits per heavy atom. The Bertz CT molecular complexity index is 841. The molecule has 2 aliphatic rings. The summed E-state index contributed by atoms with van der Waals surface area (Å²) in [5.41, 5.74) is 0.847. The number of nitrogens with zero attached hydrogens (tertiary/aromatic N) is 4. The third kappa shape index (κ3) is 3.78. The molecule has 0 bridgehead atoms. The van der Waals surface area contributed by atoms with Crippen molar-refractivity contribution in [1.29, 1.82) is 0 Å². The van der Waals surface area contributed by atoms with Gasteiger partial charge in [0, 0.05) is 26.1 Å². The van der Waals surface area contributed by atoms with Gasteiger partial charge in [0.2, 0.25) is 22.1 Å². The molecule has 3 heterocycles. The molecular weight excluding hydrogens is 369 g/mol. The highest BCUT2D eigenvalue weighted by atomic mass is 32.1. The fourth-order valence-corrected chi connectivity index (χ4v) is 4.43. The fourth-order valence-electron chi connectivity index (χ4n) is 3.46. The molecule has 7 nitrogen and oxygen atoms in total. The Hall–Kier alpha value is -2.55. The first-order valence-electron chi connectivity index (χ1n) is 9.04. The number of hydrogen-bond acceptors (Lipinski definition) is 6. The Kier molecular flexibility index (Phi) is 5.02. The first kappa shape index (κ1) is 17.8. The van der Waals surface area contributed by atoms with Crippen LogP contribution in [-0.4, -0.2) is 41.1 Å². The predicted molar refractivity (Wildman–Crippen MR) is 100 cm³/mol. The molecule has 1 aromatic heterocycles. The molecule has 1 atom stereocenters. The van der Waals surface area contributed by atoms with Crippen LogP contribution >= 0.6 is 11.3 Å². The van der Waals surface area contributed by atoms with Crippen molar-refractivity contribution in [3.8, 4) is 0 Å². The second kappa shape index (κ2) is 7.59. The second-order valence-electron chi connectivity index (χ2n) is 6.71. The lowest BCUT2D eigenvalue weighted by Gasteiger charge is -2.22. The van der Waals surface area contributed by atoms with E-state index in [1.807, 2.05) is 4.90 Å². The molecule has 1 N–H and O–H groups in total. The van der Waals surface area contributed by atoms with Gasteiger partial charge in [-0.3, -0.25) is 14.5 Å². The number of amides is 2. The van der Waals surface area contributed by atoms with E-state index in [0.29, 0.717) is 29.8 Å². The highest BCUT2D eigenvalue weighted by Gasteiger charge is 2.34. The van der Waals surface area contributed by atoms with Crippen LogP contribution in [0.5, 0.6) is 0 Å². The standard InChI is InChI=1S/C18H20FN5O2S/c19-13-7-5-12(6-8-13)11-20-16(26)14-3-1-9-23(14)17-21-22-18(27-17)24-10-2-4-15(24)25/h5-8,14H,1-4,9-11H2,(H,20,26). The molecule has 0 radical (unpaired) electrons. The topological polar surface area (TPSA) is 78.4 Å². The number of carbonyl (C=O) groups excluding carboxylic acids is 2. The minimum absolute atomic E-state index is 0.0766. The lowest BCUT2D eigenvalue weighted by atomic mass is 10.2. The maximum absolute atomic E-state index is 13.0. The van der Waals surface area contributed by atoms with Crippen LogP contribution in [0.3, 0.4) is 0 Å². The van der Waals surface area contributed by atoms with Crippen molar-refractivity contribution in [1.82, 2.24) is 15.5 Å². The van der Waals surface area contributed by atoms with Crippen LogP contribution in [0.2, 0.25) is 0 Å². The third-order valence-corrected chi connectivity index (χ3v) is 5.87. The van der Waals surface area contributed by atoms with Gasteiger partial charge in [-0.2, -0.15) is 0 Å². The Morgan fingerprint density at radius 2 is 1.96 bits per heavy atom. The summed E-state index contributed by atoms with van der Waals surface area (Å²) in [6.07, 6.45) is 3.03. The van der Waals surface area contributed by atoms with Crippen LogP contribution in [0.15, 0.2) is 24.3 Å². The zero-order valence-electron chi connectivity index (χ0n) is 14.7. The van der Waals surface area contributed by atoms with Gasteiger partial charge in [-0.15, -0.1) is 10.2 Å². The molecule has 2 saturated heterocycles. The van der Waals surface area contributed by atoms with Gasteiger partial charge in [0.15, 0.2) is 0 Å². The Labute approximate surface area is 160 Å². The van der Waals surface area contributed by atoms with Crippen molar-refractivity contribution in [2.45, 2.75) is 38.3 Å². The average molecular weight is 389 g/mol. The summed E-state index contributed by atoms with van der Waals surface area (Å²) < 4.78 is 13.0. The molecule has 4 rings (SSSR count). The van der Waals surface area contributed by atoms with E-state index < -0.39 is 0 Å². The van der Waals surface area contributed by atoms with E-state index >= 15 is 0 Å². The van der Waals surface area contributed by atoms with Gasteiger partial charge in [-0.05, 0) is 37.0 Å². The summed E-state index contributed by atoms with van der Waals surface area (Å²) >= 11 is 1.36. The Morgan fingerprint density at radius 1 is 1.19 bits per heavy atom. The molecule has 2 amide bonds. The van der Waals surface area contributed by atoms with E-state index in [2.05, 4.69) is 15.5 Å². The molecule has 2 aliphatic heterocycles. The van der Waals surface area contributed by atoms with Gasteiger partial charge < -0.3 is 10.2 Å². The summed E-state index contributed by atoms with van der Waals surface area (Å²) in [6.45, 7) is 1.76. The van der Waals surface area contributed by atoms with Crippen LogP contribution < -0.4 is 15.1 Å². The minimum Gasteiger partial charge on any atom is -0.350 e. The zero-order valence-corrected chi connectivity index (χ0v) is 15.5. The smallest absolute Gasteiger partial charge is 0.243 e. The van der Waals surface area contributed by atoms with Crippen molar-refractivity contribution in [2.75, 3.05) is 22.9 Å². The summed E-state index contributed by atoms with van der Waals surface area (Å²) in [5, 5.41) is 12.6. The molecule has 1 unspecified atom stereocenters. The number of aromatic nitrogens is 2. The van der Waals surface area contributed by atoms with Gasteiger partial charge in [0.25, 0.3) is 0 Å². The number of benzene rings is 1. The molecule has 2 fully saturated rings. The molecule has 9 heteroatoms. The minimum atomic E-state index is -0.305. The second-order valence-corrected chi connectivity index (χ2v) is 7.65. The normalized spacial score (nSPS) is 19.7. The molecular formula is C18H20FN5O2S. The highest BCUT2D eigenvalue weighted by Crippen LogP contribution is 2.33. The quantitative estimate of drug-likeness (QED) is 0.847. The lowest BCUT2D eigenvalue weighted by Crippen LogP contribution is -2.43. The fraction of sp³-hybridized carbons (Fsp3) is 0.444. The largest absolute Gasteiger partial charge is 0.350 e. The van der Waals surface area contributed by atoms with Crippen LogP contribution in [0.4, 0.5) is 14.7 Å². The van der Waals surface area contributed by atoms with Gasteiger partial charge in [0.1, 0.15) is 11.9 Å². The lowest BCUT2D eigenvalue weighted by molar-refractivity contribution is -0.122. The van der Waals surface area contributed by atoms with Crippen molar-refractivity contribution in [3.63, 3.8) is 0 Å². The van der Waals surface area contributed by atoms with E-state index in [9.17, 15) is 14.0 Å². The maximum Gasteiger partial charge on any atom is 0.243 e. The third-order valence-electron chi connectivity index (χ3n) is 4.89. The van der Waals surface area contributed by atoms with E-state index in [1.165, 1.54) is 23.5 Å². The van der Waals surface area contributed by atoms with Crippen LogP contribution in [0, 0.1) is 5.82 Å². The van der Waals surface area contributed by atoms with E-state index in [1.54, 1.807) is 17.0 Å². The molecule has 0 aliphatic carbocycles. The number of hydrogen-bond donors (Lipinski definition) is 1. The zero-order chi connectivity index (χ0) is 18.8. The number of halogens is 1. The van der Waals surface area contributed by atoms with Gasteiger partial charge in [-0.1, -0.05) is 23.5 Å². The maximum atomic E-state index is 13.0. The highest BCUT2D eigenvalue weighted by molar-refractivity contribution is 7.19. The SMILES string of the molecule is O=C(NCc1ccc(F)cc1)C1CCCN1c1nnc(N2CCCC2=O)s1. The van der Waals surface area contributed by atoms with E-state index in [-0.39, 0.29) is 23.7 Å². The monoisotopic (exact) mass is 389 g/mol. The summed E-state index contributed by atoms with van der Waals surface area (Å²) in [7, 11) is 0. The first-order valence-corrected chi connectivity index (χ1v) is 9.86. The van der Waals surface area contributed by atoms with Gasteiger partial charge in [0.05, 0.1) is 0 Å². The Balaban J connectivity index is 1.41. The molecule has 1 aromatic carbocycles. The number of carbonyl (C=O) groups is 2. The van der Waals surface area contributed by atoms with Gasteiger partial charge in [-0.25, -0.2) is 4.39 Å². The van der Waals surface area contributed by atoms with Crippen LogP contribution in [0.25, 0.3) is 0 Å². The molecule has 142 valence electrons. The van der Waals surface area contributed by atoms with Crippen molar-refractivity contribution < 1.29 is 14.0 Å². The summed E-state index contributed by atoms with van der Waals surface area (Å²) in [6, 6.07) is 5.77. The summed E-state index contributed by atoms with van der Waals surface area (Å²) in [4.78, 5) is 28.2. The summed E-state index contributed by atoms with van der Waals surface area (Å²) in [5.74, 6) is -0.297. The number of rotatable bonds is 5. The molecule has 2 aromatic rings. The van der Waals surface area contributed by atoms with Crippen molar-refractivity contribution >= 4 is 33.4 Å². The molecule has 0 spiro atoms. The number of anilines is 2. The van der Waals surface area contributed by atoms with Crippen molar-refractivity contribution in [3.05, 3.63) is 35.6 Å². The predicted octanol–water partition coefficient (Wildman–Crippen LogP) is 2.09. The first-order chi connectivity index (χ1) is 13.1. The van der Waals surface area contributed by atoms with E-state index in [4.69, 9.17) is 0 Å². The average Bonchev–Trinajstić information content (AvgIpc) is 3.40.